The second-order valence-electron chi connectivity index (χ2n) is 3.86. The summed E-state index contributed by atoms with van der Waals surface area (Å²) in [5.41, 5.74) is 1.39. The summed E-state index contributed by atoms with van der Waals surface area (Å²) in [6, 6.07) is 10.5. The fourth-order valence-corrected chi connectivity index (χ4v) is 2.20. The Morgan fingerprint density at radius 2 is 2.00 bits per heavy atom. The Balaban J connectivity index is 2.17. The summed E-state index contributed by atoms with van der Waals surface area (Å²) in [5.74, 6) is 0.521. The topological polar surface area (TPSA) is 73.3 Å². The molecule has 6 nitrogen and oxygen atoms in total. The van der Waals surface area contributed by atoms with Crippen LogP contribution in [-0.4, -0.2) is 19.5 Å². The minimum atomic E-state index is -0.459. The Bertz CT molecular complexity index is 784. The molecule has 0 atom stereocenters. The highest BCUT2D eigenvalue weighted by Gasteiger charge is 2.12. The van der Waals surface area contributed by atoms with Gasteiger partial charge < -0.3 is 0 Å². The van der Waals surface area contributed by atoms with Gasteiger partial charge in [-0.25, -0.2) is 9.50 Å². The molecule has 7 heteroatoms. The number of halogens is 1. The number of rotatable bonds is 2. The molecule has 3 rings (SSSR count). The first-order valence-electron chi connectivity index (χ1n) is 5.41. The molecule has 0 saturated heterocycles. The molecular weight excluding hydrogens is 312 g/mol. The van der Waals surface area contributed by atoms with Crippen LogP contribution in [0.25, 0.3) is 17.0 Å². The smallest absolute Gasteiger partial charge is 0.258 e. The fraction of sp³-hybridized carbons (Fsp3) is 0. The van der Waals surface area contributed by atoms with Gasteiger partial charge in [0.25, 0.3) is 5.69 Å². The van der Waals surface area contributed by atoms with Gasteiger partial charge in [0, 0.05) is 16.1 Å². The molecule has 2 heterocycles. The average molecular weight is 319 g/mol. The SMILES string of the molecule is O=[N+]([O-])c1ccc2nc(-c3ccccc3Br)nn2c1. The summed E-state index contributed by atoms with van der Waals surface area (Å²) in [6.45, 7) is 0. The number of nitrogens with zero attached hydrogens (tertiary/aromatic N) is 4. The van der Waals surface area contributed by atoms with E-state index in [0.29, 0.717) is 11.5 Å². The van der Waals surface area contributed by atoms with E-state index in [0.717, 1.165) is 10.0 Å². The molecule has 0 aliphatic carbocycles. The van der Waals surface area contributed by atoms with Crippen molar-refractivity contribution < 1.29 is 4.92 Å². The minimum Gasteiger partial charge on any atom is -0.258 e. The van der Waals surface area contributed by atoms with Crippen LogP contribution in [0.2, 0.25) is 0 Å². The predicted octanol–water partition coefficient (Wildman–Crippen LogP) is 3.07. The Kier molecular flexibility index (Phi) is 2.75. The van der Waals surface area contributed by atoms with Crippen LogP contribution < -0.4 is 0 Å². The molecule has 0 bridgehead atoms. The monoisotopic (exact) mass is 318 g/mol. The summed E-state index contributed by atoms with van der Waals surface area (Å²) >= 11 is 3.43. The van der Waals surface area contributed by atoms with Gasteiger partial charge in [0.05, 0.1) is 4.92 Å². The number of pyridine rings is 1. The molecule has 19 heavy (non-hydrogen) atoms. The third-order valence-electron chi connectivity index (χ3n) is 2.64. The lowest BCUT2D eigenvalue weighted by Gasteiger charge is -1.96. The van der Waals surface area contributed by atoms with Crippen molar-refractivity contribution in [3.05, 3.63) is 57.2 Å². The van der Waals surface area contributed by atoms with Crippen molar-refractivity contribution in [1.29, 1.82) is 0 Å². The van der Waals surface area contributed by atoms with Crippen molar-refractivity contribution in [3.63, 3.8) is 0 Å². The molecular formula is C12H7BrN4O2. The van der Waals surface area contributed by atoms with Gasteiger partial charge in [-0.1, -0.05) is 28.1 Å². The van der Waals surface area contributed by atoms with Crippen LogP contribution >= 0.6 is 15.9 Å². The van der Waals surface area contributed by atoms with Crippen molar-refractivity contribution in [2.75, 3.05) is 0 Å². The second-order valence-corrected chi connectivity index (χ2v) is 4.72. The largest absolute Gasteiger partial charge is 0.287 e. The number of aromatic nitrogens is 3. The molecule has 1 aromatic carbocycles. The highest BCUT2D eigenvalue weighted by atomic mass is 79.9. The second kappa shape index (κ2) is 4.43. The number of hydrogen-bond acceptors (Lipinski definition) is 4. The molecule has 3 aromatic rings. The average Bonchev–Trinajstić information content (AvgIpc) is 2.81. The molecule has 0 N–H and O–H groups in total. The number of nitro groups is 1. The zero-order chi connectivity index (χ0) is 13.4. The lowest BCUT2D eigenvalue weighted by Crippen LogP contribution is -1.93. The van der Waals surface area contributed by atoms with E-state index in [4.69, 9.17) is 0 Å². The minimum absolute atomic E-state index is 0.0175. The van der Waals surface area contributed by atoms with Gasteiger partial charge in [0.2, 0.25) is 0 Å². The first-order valence-corrected chi connectivity index (χ1v) is 6.20. The zero-order valence-electron chi connectivity index (χ0n) is 9.52. The van der Waals surface area contributed by atoms with Crippen molar-refractivity contribution >= 4 is 27.3 Å². The Labute approximate surface area is 116 Å². The van der Waals surface area contributed by atoms with E-state index in [1.54, 1.807) is 6.07 Å². The van der Waals surface area contributed by atoms with Crippen LogP contribution in [-0.2, 0) is 0 Å². The quantitative estimate of drug-likeness (QED) is 0.537. The molecule has 0 fully saturated rings. The summed E-state index contributed by atoms with van der Waals surface area (Å²) in [6.07, 6.45) is 1.35. The molecule has 0 aliphatic rings. The van der Waals surface area contributed by atoms with Gasteiger partial charge in [-0.2, -0.15) is 0 Å². The van der Waals surface area contributed by atoms with E-state index in [1.165, 1.54) is 16.8 Å². The van der Waals surface area contributed by atoms with E-state index >= 15 is 0 Å². The van der Waals surface area contributed by atoms with E-state index in [2.05, 4.69) is 26.0 Å². The van der Waals surface area contributed by atoms with Crippen molar-refractivity contribution in [2.45, 2.75) is 0 Å². The Hall–Kier alpha value is -2.28. The molecule has 0 spiro atoms. The Morgan fingerprint density at radius 3 is 2.74 bits per heavy atom. The molecule has 94 valence electrons. The van der Waals surface area contributed by atoms with Crippen LogP contribution in [0.15, 0.2) is 47.1 Å². The molecule has 0 radical (unpaired) electrons. The van der Waals surface area contributed by atoms with Crippen LogP contribution in [0.3, 0.4) is 0 Å². The number of fused-ring (bicyclic) bond motifs is 1. The van der Waals surface area contributed by atoms with Gasteiger partial charge in [0.1, 0.15) is 6.20 Å². The maximum Gasteiger partial charge on any atom is 0.287 e. The molecule has 0 unspecified atom stereocenters. The summed E-state index contributed by atoms with van der Waals surface area (Å²) in [5, 5.41) is 15.0. The summed E-state index contributed by atoms with van der Waals surface area (Å²) < 4.78 is 2.29. The first kappa shape index (κ1) is 11.8. The van der Waals surface area contributed by atoms with Gasteiger partial charge in [-0.05, 0) is 18.2 Å². The van der Waals surface area contributed by atoms with Gasteiger partial charge in [0.15, 0.2) is 11.5 Å². The lowest BCUT2D eigenvalue weighted by atomic mass is 10.2. The van der Waals surface area contributed by atoms with Crippen molar-refractivity contribution in [3.8, 4) is 11.4 Å². The van der Waals surface area contributed by atoms with Crippen LogP contribution in [0.1, 0.15) is 0 Å². The van der Waals surface area contributed by atoms with Gasteiger partial charge in [-0.15, -0.1) is 5.10 Å². The fourth-order valence-electron chi connectivity index (χ4n) is 1.74. The van der Waals surface area contributed by atoms with Crippen LogP contribution in [0, 0.1) is 10.1 Å². The van der Waals surface area contributed by atoms with E-state index in [9.17, 15) is 10.1 Å². The molecule has 2 aromatic heterocycles. The van der Waals surface area contributed by atoms with E-state index in [1.807, 2.05) is 24.3 Å². The highest BCUT2D eigenvalue weighted by molar-refractivity contribution is 9.10. The predicted molar refractivity (Wildman–Crippen MR) is 72.8 cm³/mol. The maximum atomic E-state index is 10.7. The molecule has 0 aliphatic heterocycles. The Morgan fingerprint density at radius 1 is 1.21 bits per heavy atom. The van der Waals surface area contributed by atoms with Crippen molar-refractivity contribution in [1.82, 2.24) is 14.6 Å². The van der Waals surface area contributed by atoms with E-state index in [-0.39, 0.29) is 5.69 Å². The molecule has 0 saturated carbocycles. The highest BCUT2D eigenvalue weighted by Crippen LogP contribution is 2.25. The third-order valence-corrected chi connectivity index (χ3v) is 3.33. The standard InChI is InChI=1S/C12H7BrN4O2/c13-10-4-2-1-3-9(10)12-14-11-6-5-8(17(18)19)7-16(11)15-12/h1-7H. The van der Waals surface area contributed by atoms with Gasteiger partial charge in [-0.3, -0.25) is 10.1 Å². The maximum absolute atomic E-state index is 10.7. The van der Waals surface area contributed by atoms with Gasteiger partial charge >= 0.3 is 0 Å². The van der Waals surface area contributed by atoms with E-state index < -0.39 is 4.92 Å². The summed E-state index contributed by atoms with van der Waals surface area (Å²) in [7, 11) is 0. The lowest BCUT2D eigenvalue weighted by molar-refractivity contribution is -0.385. The molecule has 0 amide bonds. The number of hydrogen-bond donors (Lipinski definition) is 0. The van der Waals surface area contributed by atoms with Crippen LogP contribution in [0.5, 0.6) is 0 Å². The van der Waals surface area contributed by atoms with Crippen molar-refractivity contribution in [2.24, 2.45) is 0 Å². The number of benzene rings is 1. The van der Waals surface area contributed by atoms with Crippen LogP contribution in [0.4, 0.5) is 5.69 Å². The summed E-state index contributed by atoms with van der Waals surface area (Å²) in [4.78, 5) is 14.6. The zero-order valence-corrected chi connectivity index (χ0v) is 11.1. The first-order chi connectivity index (χ1) is 9.15. The normalized spacial score (nSPS) is 10.8. The third kappa shape index (κ3) is 2.08.